The lowest BCUT2D eigenvalue weighted by molar-refractivity contribution is 0.0236. The molecular formula is C13H17NO5S. The predicted octanol–water partition coefficient (Wildman–Crippen LogP) is 1.15. The van der Waals surface area contributed by atoms with Crippen LogP contribution in [0.2, 0.25) is 0 Å². The Morgan fingerprint density at radius 3 is 2.60 bits per heavy atom. The Balaban J connectivity index is 2.21. The van der Waals surface area contributed by atoms with Crippen LogP contribution in [0.5, 0.6) is 0 Å². The molecule has 0 heterocycles. The molecule has 0 aliphatic heterocycles. The summed E-state index contributed by atoms with van der Waals surface area (Å²) in [7, 11) is -2.11. The average molecular weight is 299 g/mol. The molecule has 1 aromatic rings. The SMILES string of the molecule is COC1CC(NS(=O)(=O)c2cc(C(=O)O)ccc2C)C1. The molecule has 0 aromatic heterocycles. The first-order chi connectivity index (χ1) is 9.33. The van der Waals surface area contributed by atoms with Crippen LogP contribution in [0.4, 0.5) is 0 Å². The van der Waals surface area contributed by atoms with E-state index in [1.165, 1.54) is 18.2 Å². The molecule has 2 N–H and O–H groups in total. The number of aromatic carboxylic acids is 1. The molecule has 110 valence electrons. The van der Waals surface area contributed by atoms with Gasteiger partial charge in [-0.1, -0.05) is 6.07 Å². The van der Waals surface area contributed by atoms with Crippen molar-refractivity contribution in [3.8, 4) is 0 Å². The minimum absolute atomic E-state index is 0.0123. The summed E-state index contributed by atoms with van der Waals surface area (Å²) < 4.78 is 32.2. The molecule has 1 aliphatic carbocycles. The second kappa shape index (κ2) is 5.51. The first-order valence-corrected chi connectivity index (χ1v) is 7.71. The maximum Gasteiger partial charge on any atom is 0.335 e. The van der Waals surface area contributed by atoms with E-state index in [0.29, 0.717) is 18.4 Å². The van der Waals surface area contributed by atoms with Crippen molar-refractivity contribution < 1.29 is 23.1 Å². The van der Waals surface area contributed by atoms with Crippen molar-refractivity contribution in [2.75, 3.05) is 7.11 Å². The summed E-state index contributed by atoms with van der Waals surface area (Å²) in [5.41, 5.74) is 0.476. The molecule has 0 saturated heterocycles. The van der Waals surface area contributed by atoms with Gasteiger partial charge in [0, 0.05) is 13.2 Å². The zero-order valence-electron chi connectivity index (χ0n) is 11.3. The highest BCUT2D eigenvalue weighted by Gasteiger charge is 2.33. The van der Waals surface area contributed by atoms with Crippen LogP contribution in [-0.2, 0) is 14.8 Å². The molecule has 6 nitrogen and oxygen atoms in total. The number of carbonyl (C=O) groups is 1. The topological polar surface area (TPSA) is 92.7 Å². The number of aryl methyl sites for hydroxylation is 1. The lowest BCUT2D eigenvalue weighted by Crippen LogP contribution is -2.47. The molecule has 0 unspecified atom stereocenters. The largest absolute Gasteiger partial charge is 0.478 e. The molecule has 20 heavy (non-hydrogen) atoms. The van der Waals surface area contributed by atoms with Crippen molar-refractivity contribution in [1.29, 1.82) is 0 Å². The Labute approximate surface area is 117 Å². The standard InChI is InChI=1S/C13H17NO5S/c1-8-3-4-9(13(15)16)5-12(8)20(17,18)14-10-6-11(7-10)19-2/h3-5,10-11,14H,6-7H2,1-2H3,(H,15,16). The molecule has 0 atom stereocenters. The second-order valence-corrected chi connectivity index (χ2v) is 6.62. The minimum atomic E-state index is -3.71. The molecule has 1 aromatic carbocycles. The van der Waals surface area contributed by atoms with Gasteiger partial charge in [0.15, 0.2) is 0 Å². The molecule has 0 bridgehead atoms. The number of benzene rings is 1. The summed E-state index contributed by atoms with van der Waals surface area (Å²) in [6.07, 6.45) is 1.36. The molecule has 0 spiro atoms. The maximum absolute atomic E-state index is 12.3. The van der Waals surface area contributed by atoms with E-state index in [4.69, 9.17) is 9.84 Å². The lowest BCUT2D eigenvalue weighted by Gasteiger charge is -2.34. The van der Waals surface area contributed by atoms with E-state index >= 15 is 0 Å². The number of carboxylic acids is 1. The molecule has 1 fully saturated rings. The predicted molar refractivity (Wildman–Crippen MR) is 72.3 cm³/mol. The van der Waals surface area contributed by atoms with Crippen LogP contribution in [0.25, 0.3) is 0 Å². The van der Waals surface area contributed by atoms with Crippen molar-refractivity contribution in [2.24, 2.45) is 0 Å². The molecule has 0 radical (unpaired) electrons. The van der Waals surface area contributed by atoms with Gasteiger partial charge in [0.1, 0.15) is 0 Å². The number of hydrogen-bond donors (Lipinski definition) is 2. The van der Waals surface area contributed by atoms with Crippen LogP contribution in [-0.4, -0.2) is 38.7 Å². The first-order valence-electron chi connectivity index (χ1n) is 6.22. The Bertz CT molecular complexity index is 620. The highest BCUT2D eigenvalue weighted by Crippen LogP contribution is 2.25. The fourth-order valence-electron chi connectivity index (χ4n) is 2.16. The van der Waals surface area contributed by atoms with Crippen LogP contribution >= 0.6 is 0 Å². The monoisotopic (exact) mass is 299 g/mol. The third-order valence-electron chi connectivity index (χ3n) is 3.47. The Hall–Kier alpha value is -1.44. The van der Waals surface area contributed by atoms with Gasteiger partial charge in [-0.2, -0.15) is 0 Å². The van der Waals surface area contributed by atoms with Crippen LogP contribution in [0, 0.1) is 6.92 Å². The second-order valence-electron chi connectivity index (χ2n) is 4.93. The van der Waals surface area contributed by atoms with E-state index in [0.717, 1.165) is 0 Å². The van der Waals surface area contributed by atoms with Gasteiger partial charge in [0.25, 0.3) is 0 Å². The van der Waals surface area contributed by atoms with Gasteiger partial charge in [-0.05, 0) is 37.5 Å². The van der Waals surface area contributed by atoms with Crippen LogP contribution in [0.3, 0.4) is 0 Å². The number of ether oxygens (including phenoxy) is 1. The molecule has 1 aliphatic rings. The number of hydrogen-bond acceptors (Lipinski definition) is 4. The number of carboxylic acid groups (broad SMARTS) is 1. The molecule has 7 heteroatoms. The highest BCUT2D eigenvalue weighted by molar-refractivity contribution is 7.89. The number of nitrogens with one attached hydrogen (secondary N) is 1. The van der Waals surface area contributed by atoms with Crippen molar-refractivity contribution in [1.82, 2.24) is 4.72 Å². The zero-order valence-corrected chi connectivity index (χ0v) is 12.1. The van der Waals surface area contributed by atoms with Gasteiger partial charge in [0.2, 0.25) is 10.0 Å². The molecule has 2 rings (SSSR count). The van der Waals surface area contributed by atoms with Crippen LogP contribution in [0.15, 0.2) is 23.1 Å². The summed E-state index contributed by atoms with van der Waals surface area (Å²) in [4.78, 5) is 10.9. The van der Waals surface area contributed by atoms with E-state index in [1.54, 1.807) is 14.0 Å². The average Bonchev–Trinajstić information content (AvgIpc) is 2.33. The van der Waals surface area contributed by atoms with Crippen molar-refractivity contribution >= 4 is 16.0 Å². The van der Waals surface area contributed by atoms with Gasteiger partial charge in [-0.25, -0.2) is 17.9 Å². The number of sulfonamides is 1. The van der Waals surface area contributed by atoms with Gasteiger partial charge in [0.05, 0.1) is 16.6 Å². The third kappa shape index (κ3) is 3.00. The summed E-state index contributed by atoms with van der Waals surface area (Å²) in [6, 6.07) is 3.92. The third-order valence-corrected chi connectivity index (χ3v) is 5.14. The highest BCUT2D eigenvalue weighted by atomic mass is 32.2. The molecule has 1 saturated carbocycles. The molecular weight excluding hydrogens is 282 g/mol. The number of rotatable bonds is 5. The Morgan fingerprint density at radius 1 is 1.40 bits per heavy atom. The maximum atomic E-state index is 12.3. The van der Waals surface area contributed by atoms with E-state index in [2.05, 4.69) is 4.72 Å². The van der Waals surface area contributed by atoms with Crippen LogP contribution in [0.1, 0.15) is 28.8 Å². The molecule has 0 amide bonds. The fraction of sp³-hybridized carbons (Fsp3) is 0.462. The Morgan fingerprint density at radius 2 is 2.05 bits per heavy atom. The minimum Gasteiger partial charge on any atom is -0.478 e. The summed E-state index contributed by atoms with van der Waals surface area (Å²) >= 11 is 0. The quantitative estimate of drug-likeness (QED) is 0.850. The number of methoxy groups -OCH3 is 1. The zero-order chi connectivity index (χ0) is 14.9. The normalized spacial score (nSPS) is 22.3. The summed E-state index contributed by atoms with van der Waals surface area (Å²) in [5.74, 6) is -1.15. The first kappa shape index (κ1) is 15.0. The van der Waals surface area contributed by atoms with Crippen molar-refractivity contribution in [3.05, 3.63) is 29.3 Å². The van der Waals surface area contributed by atoms with E-state index < -0.39 is 16.0 Å². The van der Waals surface area contributed by atoms with Gasteiger partial charge in [-0.15, -0.1) is 0 Å². The van der Waals surface area contributed by atoms with E-state index in [-0.39, 0.29) is 22.6 Å². The Kier molecular flexibility index (Phi) is 4.12. The van der Waals surface area contributed by atoms with Crippen LogP contribution < -0.4 is 4.72 Å². The fourth-order valence-corrected chi connectivity index (χ4v) is 3.69. The van der Waals surface area contributed by atoms with Crippen molar-refractivity contribution in [3.63, 3.8) is 0 Å². The van der Waals surface area contributed by atoms with Gasteiger partial charge < -0.3 is 9.84 Å². The van der Waals surface area contributed by atoms with Gasteiger partial charge >= 0.3 is 5.97 Å². The summed E-state index contributed by atoms with van der Waals surface area (Å²) in [6.45, 7) is 1.64. The van der Waals surface area contributed by atoms with E-state index in [9.17, 15) is 13.2 Å². The van der Waals surface area contributed by atoms with Crippen molar-refractivity contribution in [2.45, 2.75) is 36.8 Å². The smallest absolute Gasteiger partial charge is 0.335 e. The van der Waals surface area contributed by atoms with Gasteiger partial charge in [-0.3, -0.25) is 0 Å². The van der Waals surface area contributed by atoms with E-state index in [1.807, 2.05) is 0 Å². The summed E-state index contributed by atoms with van der Waals surface area (Å²) in [5, 5.41) is 8.94. The lowest BCUT2D eigenvalue weighted by atomic mass is 9.90.